The highest BCUT2D eigenvalue weighted by molar-refractivity contribution is 5.83. The lowest BCUT2D eigenvalue weighted by Gasteiger charge is -2.13. The molecule has 0 radical (unpaired) electrons. The molecule has 1 rings (SSSR count). The molecule has 1 unspecified atom stereocenters. The highest BCUT2D eigenvalue weighted by Crippen LogP contribution is 2.33. The maximum absolute atomic E-state index is 10.8. The molecule has 0 aliphatic heterocycles. The summed E-state index contributed by atoms with van der Waals surface area (Å²) >= 11 is 0. The fourth-order valence-corrected chi connectivity index (χ4v) is 1.40. The van der Waals surface area contributed by atoms with Crippen molar-refractivity contribution >= 4 is 12.3 Å². The van der Waals surface area contributed by atoms with Gasteiger partial charge in [0.25, 0.3) is 0 Å². The molecule has 0 fully saturated rings. The summed E-state index contributed by atoms with van der Waals surface area (Å²) in [6.45, 7) is 0. The van der Waals surface area contributed by atoms with E-state index in [2.05, 4.69) is 0 Å². The second-order valence-corrected chi connectivity index (χ2v) is 3.20. The van der Waals surface area contributed by atoms with E-state index < -0.39 is 12.1 Å². The Bertz CT molecular complexity index is 440. The van der Waals surface area contributed by atoms with E-state index in [1.54, 1.807) is 0 Å². The molecule has 0 aliphatic carbocycles. The van der Waals surface area contributed by atoms with Crippen molar-refractivity contribution in [2.45, 2.75) is 6.10 Å². The number of carboxylic acids is 1. The minimum atomic E-state index is -1.71. The number of carbonyl (C=O) groups excluding carboxylic acids is 1. The van der Waals surface area contributed by atoms with E-state index in [9.17, 15) is 14.7 Å². The molecule has 92 valence electrons. The number of methoxy groups -OCH3 is 2. The van der Waals surface area contributed by atoms with Gasteiger partial charge in [-0.15, -0.1) is 0 Å². The molecule has 0 aromatic heterocycles. The standard InChI is InChI=1S/C11H12O6/c1-16-8-4-6(9(13)11(14)15)3-7(5-12)10(8)17-2/h3-5,9,13H,1-2H3,(H,14,15). The Hall–Kier alpha value is -2.08. The van der Waals surface area contributed by atoms with Crippen molar-refractivity contribution in [3.05, 3.63) is 23.3 Å². The van der Waals surface area contributed by atoms with Crippen LogP contribution in [0, 0.1) is 0 Å². The lowest BCUT2D eigenvalue weighted by molar-refractivity contribution is -0.146. The van der Waals surface area contributed by atoms with E-state index in [1.165, 1.54) is 26.4 Å². The zero-order valence-corrected chi connectivity index (χ0v) is 9.34. The van der Waals surface area contributed by atoms with Crippen LogP contribution in [0.5, 0.6) is 11.5 Å². The maximum Gasteiger partial charge on any atom is 0.337 e. The highest BCUT2D eigenvalue weighted by Gasteiger charge is 2.20. The molecule has 0 aliphatic rings. The molecular weight excluding hydrogens is 228 g/mol. The molecule has 1 atom stereocenters. The first kappa shape index (κ1) is 13.0. The number of aliphatic hydroxyl groups is 1. The zero-order valence-electron chi connectivity index (χ0n) is 9.34. The number of hydrogen-bond donors (Lipinski definition) is 2. The molecule has 0 saturated heterocycles. The summed E-state index contributed by atoms with van der Waals surface area (Å²) in [4.78, 5) is 21.5. The van der Waals surface area contributed by atoms with Crippen molar-refractivity contribution in [1.82, 2.24) is 0 Å². The van der Waals surface area contributed by atoms with Crippen LogP contribution in [0.1, 0.15) is 22.0 Å². The minimum Gasteiger partial charge on any atom is -0.493 e. The predicted molar refractivity (Wildman–Crippen MR) is 57.5 cm³/mol. The largest absolute Gasteiger partial charge is 0.493 e. The predicted octanol–water partition coefficient (Wildman–Crippen LogP) is 0.634. The van der Waals surface area contributed by atoms with Crippen molar-refractivity contribution < 1.29 is 29.3 Å². The number of rotatable bonds is 5. The summed E-state index contributed by atoms with van der Waals surface area (Å²) in [6, 6.07) is 2.55. The monoisotopic (exact) mass is 240 g/mol. The Morgan fingerprint density at radius 3 is 2.41 bits per heavy atom. The third kappa shape index (κ3) is 2.54. The molecule has 0 saturated carbocycles. The van der Waals surface area contributed by atoms with E-state index in [1.807, 2.05) is 0 Å². The van der Waals surface area contributed by atoms with Crippen LogP contribution in [0.3, 0.4) is 0 Å². The summed E-state index contributed by atoms with van der Waals surface area (Å²) in [5, 5.41) is 18.1. The third-order valence-corrected chi connectivity index (χ3v) is 2.21. The molecule has 0 bridgehead atoms. The Morgan fingerprint density at radius 1 is 1.35 bits per heavy atom. The van der Waals surface area contributed by atoms with Crippen LogP contribution in [-0.4, -0.2) is 36.7 Å². The van der Waals surface area contributed by atoms with Gasteiger partial charge < -0.3 is 19.7 Å². The van der Waals surface area contributed by atoms with Gasteiger partial charge in [-0.05, 0) is 17.7 Å². The minimum absolute atomic E-state index is 0.0530. The summed E-state index contributed by atoms with van der Waals surface area (Å²) in [5.74, 6) is -1.02. The quantitative estimate of drug-likeness (QED) is 0.733. The van der Waals surface area contributed by atoms with Gasteiger partial charge in [0.15, 0.2) is 23.9 Å². The van der Waals surface area contributed by atoms with Gasteiger partial charge in [-0.3, -0.25) is 4.79 Å². The van der Waals surface area contributed by atoms with E-state index in [4.69, 9.17) is 14.6 Å². The first-order chi connectivity index (χ1) is 8.04. The Balaban J connectivity index is 3.36. The van der Waals surface area contributed by atoms with Gasteiger partial charge in [0.1, 0.15) is 0 Å². The van der Waals surface area contributed by atoms with Crippen LogP contribution in [0.15, 0.2) is 12.1 Å². The van der Waals surface area contributed by atoms with Gasteiger partial charge in [-0.2, -0.15) is 0 Å². The fourth-order valence-electron chi connectivity index (χ4n) is 1.40. The molecule has 1 aromatic rings. The van der Waals surface area contributed by atoms with Crippen LogP contribution in [0.4, 0.5) is 0 Å². The van der Waals surface area contributed by atoms with Gasteiger partial charge in [0.2, 0.25) is 0 Å². The van der Waals surface area contributed by atoms with E-state index in [0.29, 0.717) is 6.29 Å². The first-order valence-corrected chi connectivity index (χ1v) is 4.67. The number of aliphatic hydroxyl groups excluding tert-OH is 1. The molecule has 6 nitrogen and oxygen atoms in total. The Kier molecular flexibility index (Phi) is 4.06. The molecule has 1 aromatic carbocycles. The van der Waals surface area contributed by atoms with Gasteiger partial charge in [0, 0.05) is 0 Å². The zero-order chi connectivity index (χ0) is 13.0. The lowest BCUT2D eigenvalue weighted by atomic mass is 10.0. The number of carbonyl (C=O) groups is 2. The van der Waals surface area contributed by atoms with Gasteiger partial charge in [-0.25, -0.2) is 4.79 Å². The lowest BCUT2D eigenvalue weighted by Crippen LogP contribution is -2.11. The Labute approximate surface area is 97.4 Å². The number of ether oxygens (including phenoxy) is 2. The second kappa shape index (κ2) is 5.31. The van der Waals surface area contributed by atoms with Crippen molar-refractivity contribution in [3.63, 3.8) is 0 Å². The van der Waals surface area contributed by atoms with Crippen LogP contribution in [0.2, 0.25) is 0 Å². The summed E-state index contributed by atoms with van der Waals surface area (Å²) < 4.78 is 9.93. The summed E-state index contributed by atoms with van der Waals surface area (Å²) in [5.41, 5.74) is 0.166. The van der Waals surface area contributed by atoms with E-state index in [-0.39, 0.29) is 22.6 Å². The average molecular weight is 240 g/mol. The van der Waals surface area contributed by atoms with E-state index in [0.717, 1.165) is 0 Å². The molecule has 0 amide bonds. The number of aliphatic carboxylic acids is 1. The van der Waals surface area contributed by atoms with Crippen molar-refractivity contribution in [3.8, 4) is 11.5 Å². The smallest absolute Gasteiger partial charge is 0.337 e. The van der Waals surface area contributed by atoms with Gasteiger partial charge in [-0.1, -0.05) is 0 Å². The van der Waals surface area contributed by atoms with Crippen molar-refractivity contribution in [1.29, 1.82) is 0 Å². The average Bonchev–Trinajstić information content (AvgIpc) is 2.35. The number of benzene rings is 1. The summed E-state index contributed by atoms with van der Waals surface area (Å²) in [6.07, 6.45) is -1.21. The molecule has 6 heteroatoms. The van der Waals surface area contributed by atoms with Gasteiger partial charge >= 0.3 is 5.97 Å². The molecule has 0 heterocycles. The van der Waals surface area contributed by atoms with Gasteiger partial charge in [0.05, 0.1) is 19.8 Å². The fraction of sp³-hybridized carbons (Fsp3) is 0.273. The van der Waals surface area contributed by atoms with Crippen LogP contribution in [0.25, 0.3) is 0 Å². The van der Waals surface area contributed by atoms with Crippen molar-refractivity contribution in [2.24, 2.45) is 0 Å². The third-order valence-electron chi connectivity index (χ3n) is 2.21. The van der Waals surface area contributed by atoms with Crippen LogP contribution in [-0.2, 0) is 4.79 Å². The number of aldehydes is 1. The SMILES string of the molecule is COc1cc(C(O)C(=O)O)cc(C=O)c1OC. The second-order valence-electron chi connectivity index (χ2n) is 3.20. The number of hydrogen-bond acceptors (Lipinski definition) is 5. The highest BCUT2D eigenvalue weighted by atomic mass is 16.5. The molecule has 17 heavy (non-hydrogen) atoms. The summed E-state index contributed by atoms with van der Waals surface area (Å²) in [7, 11) is 2.71. The Morgan fingerprint density at radius 2 is 2.00 bits per heavy atom. The topological polar surface area (TPSA) is 93.1 Å². The van der Waals surface area contributed by atoms with Crippen molar-refractivity contribution in [2.75, 3.05) is 14.2 Å². The maximum atomic E-state index is 10.8. The number of carboxylic acid groups (broad SMARTS) is 1. The molecule has 0 spiro atoms. The molecule has 2 N–H and O–H groups in total. The normalized spacial score (nSPS) is 11.7. The van der Waals surface area contributed by atoms with Crippen LogP contribution >= 0.6 is 0 Å². The molecular formula is C11H12O6. The van der Waals surface area contributed by atoms with Crippen LogP contribution < -0.4 is 9.47 Å². The first-order valence-electron chi connectivity index (χ1n) is 4.67. The van der Waals surface area contributed by atoms with E-state index >= 15 is 0 Å².